The van der Waals surface area contributed by atoms with E-state index in [1.165, 1.54) is 0 Å². The van der Waals surface area contributed by atoms with Gasteiger partial charge < -0.3 is 0 Å². The Morgan fingerprint density at radius 3 is 3.00 bits per heavy atom. The summed E-state index contributed by atoms with van der Waals surface area (Å²) in [4.78, 5) is 11.0. The van der Waals surface area contributed by atoms with Crippen molar-refractivity contribution >= 4 is 5.78 Å². The third kappa shape index (κ3) is 1.18. The van der Waals surface area contributed by atoms with Crippen LogP contribution in [0.25, 0.3) is 0 Å². The molecule has 0 aromatic rings. The maximum Gasteiger partial charge on any atom is 0.158 e. The molecule has 0 heterocycles. The van der Waals surface area contributed by atoms with Gasteiger partial charge in [-0.3, -0.25) is 4.79 Å². The third-order valence-corrected chi connectivity index (χ3v) is 2.08. The van der Waals surface area contributed by atoms with Gasteiger partial charge in [-0.1, -0.05) is 19.1 Å². The van der Waals surface area contributed by atoms with Crippen molar-refractivity contribution in [3.63, 3.8) is 0 Å². The summed E-state index contributed by atoms with van der Waals surface area (Å²) in [7, 11) is 0. The van der Waals surface area contributed by atoms with Crippen LogP contribution in [0, 0.1) is 11.8 Å². The summed E-state index contributed by atoms with van der Waals surface area (Å²) in [5.74, 6) is 0.733. The maximum atomic E-state index is 11.0. The summed E-state index contributed by atoms with van der Waals surface area (Å²) >= 11 is 0. The molecular weight excluding hydrogens is 124 g/mol. The molecule has 1 rings (SSSR count). The van der Waals surface area contributed by atoms with Crippen molar-refractivity contribution in [1.82, 2.24) is 0 Å². The number of hydrogen-bond donors (Lipinski definition) is 0. The monoisotopic (exact) mass is 136 g/mol. The van der Waals surface area contributed by atoms with Crippen LogP contribution >= 0.6 is 0 Å². The molecular formula is C9H12O. The van der Waals surface area contributed by atoms with Crippen molar-refractivity contribution in [2.75, 3.05) is 0 Å². The van der Waals surface area contributed by atoms with Crippen LogP contribution in [0.1, 0.15) is 13.3 Å². The second-order valence-electron chi connectivity index (χ2n) is 2.73. The Labute approximate surface area is 61.4 Å². The minimum Gasteiger partial charge on any atom is -0.295 e. The molecule has 1 nitrogen and oxygen atoms in total. The number of hydrogen-bond acceptors (Lipinski definition) is 1. The molecule has 0 saturated carbocycles. The Kier molecular flexibility index (Phi) is 2.05. The number of rotatable bonds is 1. The molecule has 0 N–H and O–H groups in total. The van der Waals surface area contributed by atoms with E-state index in [0.29, 0.717) is 5.92 Å². The predicted octanol–water partition coefficient (Wildman–Crippen LogP) is 1.95. The smallest absolute Gasteiger partial charge is 0.158 e. The van der Waals surface area contributed by atoms with Crippen LogP contribution in [-0.2, 0) is 4.79 Å². The van der Waals surface area contributed by atoms with E-state index in [0.717, 1.165) is 6.42 Å². The average molecular weight is 136 g/mol. The van der Waals surface area contributed by atoms with Crippen molar-refractivity contribution in [1.29, 1.82) is 0 Å². The van der Waals surface area contributed by atoms with E-state index in [4.69, 9.17) is 0 Å². The van der Waals surface area contributed by atoms with E-state index in [2.05, 4.69) is 6.58 Å². The second kappa shape index (κ2) is 2.82. The lowest BCUT2D eigenvalue weighted by atomic mass is 9.84. The van der Waals surface area contributed by atoms with Gasteiger partial charge in [-0.25, -0.2) is 0 Å². The number of carbonyl (C=O) groups is 1. The van der Waals surface area contributed by atoms with Gasteiger partial charge in [0.05, 0.1) is 0 Å². The molecule has 2 unspecified atom stereocenters. The summed E-state index contributed by atoms with van der Waals surface area (Å²) in [6.07, 6.45) is 6.43. The van der Waals surface area contributed by atoms with Crippen molar-refractivity contribution < 1.29 is 4.79 Å². The molecule has 0 radical (unpaired) electrons. The van der Waals surface area contributed by atoms with Gasteiger partial charge in [0.1, 0.15) is 0 Å². The summed E-state index contributed by atoms with van der Waals surface area (Å²) in [6, 6.07) is 0. The zero-order valence-corrected chi connectivity index (χ0v) is 6.21. The molecule has 0 spiro atoms. The molecule has 0 aromatic carbocycles. The summed E-state index contributed by atoms with van der Waals surface area (Å²) in [5, 5.41) is 0. The lowest BCUT2D eigenvalue weighted by molar-refractivity contribution is -0.119. The van der Waals surface area contributed by atoms with Crippen LogP contribution in [0.15, 0.2) is 24.8 Å². The number of carbonyl (C=O) groups excluding carboxylic acids is 1. The van der Waals surface area contributed by atoms with Crippen LogP contribution < -0.4 is 0 Å². The van der Waals surface area contributed by atoms with Crippen LogP contribution in [-0.4, -0.2) is 5.78 Å². The standard InChI is InChI=1S/C9H12O/c1-3-8-5-4-6-9(10)7(8)2/h3-4,6-8H,1,5H2,2H3. The molecule has 54 valence electrons. The molecule has 0 bridgehead atoms. The van der Waals surface area contributed by atoms with Gasteiger partial charge in [0.15, 0.2) is 5.78 Å². The second-order valence-corrected chi connectivity index (χ2v) is 2.73. The van der Waals surface area contributed by atoms with Crippen molar-refractivity contribution in [2.24, 2.45) is 11.8 Å². The molecule has 0 aliphatic heterocycles. The molecule has 1 aliphatic rings. The molecule has 1 aliphatic carbocycles. The van der Waals surface area contributed by atoms with Crippen LogP contribution in [0.3, 0.4) is 0 Å². The Hall–Kier alpha value is -0.850. The molecule has 0 amide bonds. The van der Waals surface area contributed by atoms with Gasteiger partial charge in [0.25, 0.3) is 0 Å². The Balaban J connectivity index is 2.73. The summed E-state index contributed by atoms with van der Waals surface area (Å²) in [5.41, 5.74) is 0. The molecule has 0 aromatic heterocycles. The van der Waals surface area contributed by atoms with Gasteiger partial charge in [-0.2, -0.15) is 0 Å². The predicted molar refractivity (Wildman–Crippen MR) is 41.6 cm³/mol. The van der Waals surface area contributed by atoms with Gasteiger partial charge in [-0.15, -0.1) is 6.58 Å². The SMILES string of the molecule is C=CC1CC=CC(=O)C1C. The Morgan fingerprint density at radius 2 is 2.50 bits per heavy atom. The van der Waals surface area contributed by atoms with E-state index in [1.807, 2.05) is 19.1 Å². The van der Waals surface area contributed by atoms with Gasteiger partial charge in [-0.05, 0) is 18.4 Å². The largest absolute Gasteiger partial charge is 0.295 e. The van der Waals surface area contributed by atoms with Crippen LogP contribution in [0.4, 0.5) is 0 Å². The fraction of sp³-hybridized carbons (Fsp3) is 0.444. The summed E-state index contributed by atoms with van der Waals surface area (Å²) < 4.78 is 0. The van der Waals surface area contributed by atoms with E-state index >= 15 is 0 Å². The number of allylic oxidation sites excluding steroid dienone is 3. The van der Waals surface area contributed by atoms with Crippen molar-refractivity contribution in [2.45, 2.75) is 13.3 Å². The van der Waals surface area contributed by atoms with E-state index < -0.39 is 0 Å². The lowest BCUT2D eigenvalue weighted by Gasteiger charge is -2.19. The first-order valence-electron chi connectivity index (χ1n) is 3.58. The quantitative estimate of drug-likeness (QED) is 0.503. The molecule has 0 fully saturated rings. The van der Waals surface area contributed by atoms with Crippen molar-refractivity contribution in [3.8, 4) is 0 Å². The van der Waals surface area contributed by atoms with Crippen LogP contribution in [0.5, 0.6) is 0 Å². The average Bonchev–Trinajstić information content (AvgIpc) is 1.95. The summed E-state index contributed by atoms with van der Waals surface area (Å²) in [6.45, 7) is 5.64. The minimum absolute atomic E-state index is 0.141. The first-order chi connectivity index (χ1) is 4.75. The third-order valence-electron chi connectivity index (χ3n) is 2.08. The van der Waals surface area contributed by atoms with E-state index in [9.17, 15) is 4.79 Å². The molecule has 0 saturated heterocycles. The highest BCUT2D eigenvalue weighted by molar-refractivity contribution is 5.92. The van der Waals surface area contributed by atoms with Gasteiger partial charge in [0.2, 0.25) is 0 Å². The minimum atomic E-state index is 0.141. The van der Waals surface area contributed by atoms with Gasteiger partial charge in [0, 0.05) is 5.92 Å². The highest BCUT2D eigenvalue weighted by Gasteiger charge is 2.21. The van der Waals surface area contributed by atoms with Gasteiger partial charge >= 0.3 is 0 Å². The number of ketones is 1. The van der Waals surface area contributed by atoms with E-state index in [1.54, 1.807) is 6.08 Å². The normalized spacial score (nSPS) is 32.3. The Morgan fingerprint density at radius 1 is 1.80 bits per heavy atom. The van der Waals surface area contributed by atoms with E-state index in [-0.39, 0.29) is 11.7 Å². The Bertz CT molecular complexity index is 179. The zero-order valence-electron chi connectivity index (χ0n) is 6.21. The molecule has 1 heteroatoms. The highest BCUT2D eigenvalue weighted by Crippen LogP contribution is 2.22. The zero-order chi connectivity index (χ0) is 7.56. The fourth-order valence-electron chi connectivity index (χ4n) is 1.21. The molecule has 2 atom stereocenters. The first kappa shape index (κ1) is 7.26. The fourth-order valence-corrected chi connectivity index (χ4v) is 1.21. The lowest BCUT2D eigenvalue weighted by Crippen LogP contribution is -2.20. The van der Waals surface area contributed by atoms with Crippen molar-refractivity contribution in [3.05, 3.63) is 24.8 Å². The highest BCUT2D eigenvalue weighted by atomic mass is 16.1. The molecule has 10 heavy (non-hydrogen) atoms. The topological polar surface area (TPSA) is 17.1 Å². The first-order valence-corrected chi connectivity index (χ1v) is 3.58. The van der Waals surface area contributed by atoms with Crippen LogP contribution in [0.2, 0.25) is 0 Å². The maximum absolute atomic E-state index is 11.0.